The van der Waals surface area contributed by atoms with Crippen LogP contribution in [0.1, 0.15) is 15.7 Å². The zero-order chi connectivity index (χ0) is 21.6. The Morgan fingerprint density at radius 2 is 1.57 bits per heavy atom. The molecule has 0 radical (unpaired) electrons. The predicted molar refractivity (Wildman–Crippen MR) is 117 cm³/mol. The van der Waals surface area contributed by atoms with Crippen molar-refractivity contribution in [1.82, 2.24) is 10.6 Å². The van der Waals surface area contributed by atoms with Crippen LogP contribution < -0.4 is 10.6 Å². The van der Waals surface area contributed by atoms with Crippen molar-refractivity contribution < 1.29 is 18.0 Å². The van der Waals surface area contributed by atoms with E-state index in [1.54, 1.807) is 60.0 Å². The van der Waals surface area contributed by atoms with E-state index in [0.717, 1.165) is 0 Å². The van der Waals surface area contributed by atoms with Crippen molar-refractivity contribution in [2.75, 3.05) is 6.54 Å². The van der Waals surface area contributed by atoms with Crippen LogP contribution in [-0.2, 0) is 26.0 Å². The molecule has 1 aromatic heterocycles. The van der Waals surface area contributed by atoms with Gasteiger partial charge in [-0.15, -0.1) is 11.3 Å². The first-order valence-corrected chi connectivity index (χ1v) is 11.8. The predicted octanol–water partition coefficient (Wildman–Crippen LogP) is 3.35. The highest BCUT2D eigenvalue weighted by Gasteiger charge is 2.31. The Kier molecular flexibility index (Phi) is 7.25. The van der Waals surface area contributed by atoms with Gasteiger partial charge >= 0.3 is 11.8 Å². The van der Waals surface area contributed by atoms with Gasteiger partial charge in [-0.1, -0.05) is 54.1 Å². The summed E-state index contributed by atoms with van der Waals surface area (Å²) in [6.07, 6.45) is 0. The van der Waals surface area contributed by atoms with Gasteiger partial charge in [-0.25, -0.2) is 8.42 Å². The summed E-state index contributed by atoms with van der Waals surface area (Å²) in [5.74, 6) is -1.77. The lowest BCUT2D eigenvalue weighted by molar-refractivity contribution is -0.139. The SMILES string of the molecule is O=C(NCc1ccccc1Cl)C(=O)NC[C@H](c1cccs1)S(=O)(=O)c1ccccc1. The van der Waals surface area contributed by atoms with E-state index in [2.05, 4.69) is 10.6 Å². The molecule has 30 heavy (non-hydrogen) atoms. The molecule has 3 aromatic rings. The molecule has 0 aliphatic rings. The average Bonchev–Trinajstić information content (AvgIpc) is 3.27. The number of carbonyl (C=O) groups excluding carboxylic acids is 2. The van der Waals surface area contributed by atoms with Crippen LogP contribution in [0.5, 0.6) is 0 Å². The Morgan fingerprint density at radius 1 is 0.900 bits per heavy atom. The fourth-order valence-electron chi connectivity index (χ4n) is 2.78. The maximum Gasteiger partial charge on any atom is 0.309 e. The van der Waals surface area contributed by atoms with Crippen LogP contribution in [0.25, 0.3) is 0 Å². The summed E-state index contributed by atoms with van der Waals surface area (Å²) in [7, 11) is -3.76. The fourth-order valence-corrected chi connectivity index (χ4v) is 5.78. The van der Waals surface area contributed by atoms with E-state index in [-0.39, 0.29) is 18.0 Å². The van der Waals surface area contributed by atoms with E-state index < -0.39 is 26.9 Å². The van der Waals surface area contributed by atoms with Crippen LogP contribution in [0.4, 0.5) is 0 Å². The van der Waals surface area contributed by atoms with Crippen molar-refractivity contribution in [2.24, 2.45) is 0 Å². The van der Waals surface area contributed by atoms with Crippen LogP contribution in [-0.4, -0.2) is 26.8 Å². The average molecular weight is 463 g/mol. The molecular weight excluding hydrogens is 444 g/mol. The molecule has 9 heteroatoms. The zero-order valence-electron chi connectivity index (χ0n) is 15.7. The molecule has 0 spiro atoms. The number of amides is 2. The molecule has 0 unspecified atom stereocenters. The third-order valence-electron chi connectivity index (χ3n) is 4.36. The fraction of sp³-hybridized carbons (Fsp3) is 0.143. The smallest absolute Gasteiger partial charge is 0.309 e. The van der Waals surface area contributed by atoms with Gasteiger partial charge in [-0.2, -0.15) is 0 Å². The number of halogens is 1. The van der Waals surface area contributed by atoms with Gasteiger partial charge in [0, 0.05) is 23.0 Å². The molecule has 6 nitrogen and oxygen atoms in total. The highest BCUT2D eigenvalue weighted by Crippen LogP contribution is 2.31. The monoisotopic (exact) mass is 462 g/mol. The number of thiophene rings is 1. The molecule has 0 saturated heterocycles. The second-order valence-electron chi connectivity index (χ2n) is 6.35. The normalized spacial score (nSPS) is 12.2. The number of rotatable bonds is 7. The lowest BCUT2D eigenvalue weighted by atomic mass is 10.2. The highest BCUT2D eigenvalue weighted by molar-refractivity contribution is 7.91. The van der Waals surface area contributed by atoms with Crippen molar-refractivity contribution in [3.63, 3.8) is 0 Å². The summed E-state index contributed by atoms with van der Waals surface area (Å²) in [6.45, 7) is -0.140. The van der Waals surface area contributed by atoms with Crippen molar-refractivity contribution >= 4 is 44.6 Å². The van der Waals surface area contributed by atoms with E-state index in [1.165, 1.54) is 23.5 Å². The van der Waals surface area contributed by atoms with Crippen LogP contribution in [0, 0.1) is 0 Å². The Labute approximate surface area is 183 Å². The van der Waals surface area contributed by atoms with Crippen molar-refractivity contribution in [3.8, 4) is 0 Å². The van der Waals surface area contributed by atoms with Gasteiger partial charge < -0.3 is 10.6 Å². The highest BCUT2D eigenvalue weighted by atomic mass is 35.5. The Balaban J connectivity index is 1.68. The van der Waals surface area contributed by atoms with Crippen LogP contribution in [0.15, 0.2) is 77.0 Å². The van der Waals surface area contributed by atoms with Crippen LogP contribution >= 0.6 is 22.9 Å². The number of carbonyl (C=O) groups is 2. The molecule has 2 amide bonds. The first kappa shape index (κ1) is 22.0. The molecule has 2 aromatic carbocycles. The van der Waals surface area contributed by atoms with Crippen molar-refractivity contribution in [3.05, 3.63) is 87.6 Å². The standard InChI is InChI=1S/C21H19ClN2O4S2/c22-17-10-5-4-7-15(17)13-23-20(25)21(26)24-14-19(18-11-6-12-29-18)30(27,28)16-8-2-1-3-9-16/h1-12,19H,13-14H2,(H,23,25)(H,24,26)/t19-/m1/s1. The van der Waals surface area contributed by atoms with Gasteiger partial charge in [0.05, 0.1) is 4.90 Å². The van der Waals surface area contributed by atoms with Crippen molar-refractivity contribution in [1.29, 1.82) is 0 Å². The first-order valence-electron chi connectivity index (χ1n) is 9.01. The quantitative estimate of drug-likeness (QED) is 0.526. The summed E-state index contributed by atoms with van der Waals surface area (Å²) in [6, 6.07) is 18.4. The summed E-state index contributed by atoms with van der Waals surface area (Å²) >= 11 is 7.31. The minimum atomic E-state index is -3.76. The van der Waals surface area contributed by atoms with Gasteiger partial charge in [0.15, 0.2) is 9.84 Å². The second-order valence-corrected chi connectivity index (χ2v) is 9.86. The maximum absolute atomic E-state index is 13.1. The van der Waals surface area contributed by atoms with Gasteiger partial charge in [0.2, 0.25) is 0 Å². The molecule has 0 aliphatic carbocycles. The summed E-state index contributed by atoms with van der Waals surface area (Å²) < 4.78 is 26.2. The number of benzene rings is 2. The number of hydrogen-bond donors (Lipinski definition) is 2. The second kappa shape index (κ2) is 9.88. The van der Waals surface area contributed by atoms with Crippen LogP contribution in [0.3, 0.4) is 0 Å². The van der Waals surface area contributed by atoms with E-state index in [9.17, 15) is 18.0 Å². The van der Waals surface area contributed by atoms with E-state index in [1.807, 2.05) is 0 Å². The minimum absolute atomic E-state index is 0.0859. The maximum atomic E-state index is 13.1. The van der Waals surface area contributed by atoms with Gasteiger partial charge in [0.25, 0.3) is 0 Å². The summed E-state index contributed by atoms with van der Waals surface area (Å²) in [5, 5.41) is 6.17. The number of sulfone groups is 1. The molecule has 0 saturated carbocycles. The summed E-state index contributed by atoms with van der Waals surface area (Å²) in [5.41, 5.74) is 0.670. The van der Waals surface area contributed by atoms with Gasteiger partial charge in [0.1, 0.15) is 5.25 Å². The summed E-state index contributed by atoms with van der Waals surface area (Å²) in [4.78, 5) is 25.1. The first-order chi connectivity index (χ1) is 14.4. The largest absolute Gasteiger partial charge is 0.346 e. The molecule has 2 N–H and O–H groups in total. The number of hydrogen-bond acceptors (Lipinski definition) is 5. The third kappa shape index (κ3) is 5.27. The lowest BCUT2D eigenvalue weighted by Gasteiger charge is -2.17. The molecule has 156 valence electrons. The Morgan fingerprint density at radius 3 is 2.23 bits per heavy atom. The van der Waals surface area contributed by atoms with E-state index >= 15 is 0 Å². The topological polar surface area (TPSA) is 92.3 Å². The third-order valence-corrected chi connectivity index (χ3v) is 7.96. The molecular formula is C21H19ClN2O4S2. The van der Waals surface area contributed by atoms with E-state index in [4.69, 9.17) is 11.6 Å². The minimum Gasteiger partial charge on any atom is -0.346 e. The molecule has 0 bridgehead atoms. The van der Waals surface area contributed by atoms with Gasteiger partial charge in [-0.3, -0.25) is 9.59 Å². The molecule has 0 fully saturated rings. The van der Waals surface area contributed by atoms with Crippen molar-refractivity contribution in [2.45, 2.75) is 16.7 Å². The van der Waals surface area contributed by atoms with Crippen LogP contribution in [0.2, 0.25) is 5.02 Å². The van der Waals surface area contributed by atoms with Gasteiger partial charge in [-0.05, 0) is 35.2 Å². The Bertz CT molecular complexity index is 1120. The molecule has 0 aliphatic heterocycles. The van der Waals surface area contributed by atoms with E-state index in [0.29, 0.717) is 15.5 Å². The number of nitrogens with one attached hydrogen (secondary N) is 2. The molecule has 1 heterocycles. The zero-order valence-corrected chi connectivity index (χ0v) is 18.1. The molecule has 3 rings (SSSR count). The molecule has 1 atom stereocenters. The Hall–Kier alpha value is -2.68. The lowest BCUT2D eigenvalue weighted by Crippen LogP contribution is -2.42.